The number of morpholine rings is 1. The van der Waals surface area contributed by atoms with Crippen LogP contribution >= 0.6 is 0 Å². The van der Waals surface area contributed by atoms with E-state index in [-0.39, 0.29) is 0 Å². The summed E-state index contributed by atoms with van der Waals surface area (Å²) in [5.74, 6) is 0.583. The highest BCUT2D eigenvalue weighted by atomic mass is 16.5. The fraction of sp³-hybridized carbons (Fsp3) is 0.857. The summed E-state index contributed by atoms with van der Waals surface area (Å²) in [5, 5.41) is 7.04. The van der Waals surface area contributed by atoms with Crippen LogP contribution in [-0.4, -0.2) is 50.3 Å². The van der Waals surface area contributed by atoms with Gasteiger partial charge in [0.15, 0.2) is 0 Å². The van der Waals surface area contributed by atoms with Crippen molar-refractivity contribution in [3.05, 3.63) is 11.9 Å². The molecule has 0 radical (unpaired) electrons. The number of hydrogen-bond donors (Lipinski definition) is 2. The summed E-state index contributed by atoms with van der Waals surface area (Å²) >= 11 is 0. The van der Waals surface area contributed by atoms with E-state index >= 15 is 0 Å². The summed E-state index contributed by atoms with van der Waals surface area (Å²) in [5.41, 5.74) is 1.35. The molecule has 0 bridgehead atoms. The molecule has 0 aromatic carbocycles. The maximum Gasteiger partial charge on any atom is 0.0594 e. The van der Waals surface area contributed by atoms with Crippen LogP contribution in [-0.2, 0) is 4.74 Å². The third kappa shape index (κ3) is 4.18. The zero-order valence-corrected chi connectivity index (χ0v) is 11.7. The summed E-state index contributed by atoms with van der Waals surface area (Å²) < 4.78 is 5.36. The SMILES string of the molecule is CC(C)C1=CNCC(CCCN2CCOCC2)N1. The van der Waals surface area contributed by atoms with E-state index in [4.69, 9.17) is 4.74 Å². The molecular formula is C14H27N3O. The lowest BCUT2D eigenvalue weighted by Gasteiger charge is -2.30. The average molecular weight is 253 g/mol. The lowest BCUT2D eigenvalue weighted by Crippen LogP contribution is -2.43. The van der Waals surface area contributed by atoms with E-state index in [1.807, 2.05) is 0 Å². The molecule has 2 rings (SSSR count). The largest absolute Gasteiger partial charge is 0.387 e. The second kappa shape index (κ2) is 7.00. The van der Waals surface area contributed by atoms with Crippen LogP contribution in [0.1, 0.15) is 26.7 Å². The van der Waals surface area contributed by atoms with Gasteiger partial charge in [-0.1, -0.05) is 13.8 Å². The highest BCUT2D eigenvalue weighted by Gasteiger charge is 2.16. The molecule has 1 unspecified atom stereocenters. The van der Waals surface area contributed by atoms with Crippen molar-refractivity contribution in [3.8, 4) is 0 Å². The van der Waals surface area contributed by atoms with Crippen molar-refractivity contribution < 1.29 is 4.74 Å². The minimum absolute atomic E-state index is 0.583. The average Bonchev–Trinajstić information content (AvgIpc) is 2.40. The normalized spacial score (nSPS) is 25.5. The molecule has 2 heterocycles. The lowest BCUT2D eigenvalue weighted by molar-refractivity contribution is 0.0369. The topological polar surface area (TPSA) is 36.5 Å². The van der Waals surface area contributed by atoms with Gasteiger partial charge in [0.05, 0.1) is 13.2 Å². The third-order valence-electron chi connectivity index (χ3n) is 3.75. The smallest absolute Gasteiger partial charge is 0.0594 e. The molecule has 0 amide bonds. The highest BCUT2D eigenvalue weighted by Crippen LogP contribution is 2.11. The van der Waals surface area contributed by atoms with E-state index in [1.165, 1.54) is 25.1 Å². The Morgan fingerprint density at radius 2 is 2.17 bits per heavy atom. The Hall–Kier alpha value is -0.740. The summed E-state index contributed by atoms with van der Waals surface area (Å²) in [6.45, 7) is 10.8. The molecule has 2 aliphatic rings. The molecule has 0 aromatic rings. The third-order valence-corrected chi connectivity index (χ3v) is 3.75. The Bertz CT molecular complexity index is 272. The van der Waals surface area contributed by atoms with Crippen molar-refractivity contribution >= 4 is 0 Å². The van der Waals surface area contributed by atoms with E-state index in [0.29, 0.717) is 12.0 Å². The minimum atomic E-state index is 0.583. The molecule has 1 fully saturated rings. The van der Waals surface area contributed by atoms with Crippen LogP contribution in [0.15, 0.2) is 11.9 Å². The van der Waals surface area contributed by atoms with Gasteiger partial charge in [0.25, 0.3) is 0 Å². The molecule has 0 saturated carbocycles. The molecule has 4 nitrogen and oxygen atoms in total. The van der Waals surface area contributed by atoms with Gasteiger partial charge in [0.2, 0.25) is 0 Å². The molecule has 104 valence electrons. The number of nitrogens with zero attached hydrogens (tertiary/aromatic N) is 1. The van der Waals surface area contributed by atoms with Gasteiger partial charge in [-0.25, -0.2) is 0 Å². The zero-order valence-electron chi connectivity index (χ0n) is 11.7. The molecule has 1 atom stereocenters. The van der Waals surface area contributed by atoms with Crippen molar-refractivity contribution in [2.24, 2.45) is 5.92 Å². The number of rotatable bonds is 5. The van der Waals surface area contributed by atoms with E-state index < -0.39 is 0 Å². The van der Waals surface area contributed by atoms with Crippen molar-refractivity contribution in [2.75, 3.05) is 39.4 Å². The summed E-state index contributed by atoms with van der Waals surface area (Å²) in [6.07, 6.45) is 4.64. The molecule has 2 N–H and O–H groups in total. The quantitative estimate of drug-likeness (QED) is 0.771. The van der Waals surface area contributed by atoms with Gasteiger partial charge in [-0.05, 0) is 25.3 Å². The van der Waals surface area contributed by atoms with Gasteiger partial charge in [0.1, 0.15) is 0 Å². The van der Waals surface area contributed by atoms with Crippen LogP contribution in [0.3, 0.4) is 0 Å². The van der Waals surface area contributed by atoms with Crippen LogP contribution in [0.5, 0.6) is 0 Å². The minimum Gasteiger partial charge on any atom is -0.387 e. The monoisotopic (exact) mass is 253 g/mol. The Morgan fingerprint density at radius 3 is 2.89 bits per heavy atom. The van der Waals surface area contributed by atoms with Gasteiger partial charge >= 0.3 is 0 Å². The molecule has 2 aliphatic heterocycles. The maximum absolute atomic E-state index is 5.36. The van der Waals surface area contributed by atoms with E-state index in [9.17, 15) is 0 Å². The fourth-order valence-corrected chi connectivity index (χ4v) is 2.53. The maximum atomic E-state index is 5.36. The fourth-order valence-electron chi connectivity index (χ4n) is 2.53. The zero-order chi connectivity index (χ0) is 12.8. The molecule has 0 aromatic heterocycles. The number of ether oxygens (including phenoxy) is 1. The Morgan fingerprint density at radius 1 is 1.39 bits per heavy atom. The Kier molecular flexibility index (Phi) is 5.32. The van der Waals surface area contributed by atoms with E-state index in [2.05, 4.69) is 35.6 Å². The van der Waals surface area contributed by atoms with Gasteiger partial charge in [-0.15, -0.1) is 0 Å². The van der Waals surface area contributed by atoms with Gasteiger partial charge in [-0.3, -0.25) is 4.90 Å². The van der Waals surface area contributed by atoms with Crippen molar-refractivity contribution in [1.29, 1.82) is 0 Å². The Labute approximate surface area is 111 Å². The summed E-state index contributed by atoms with van der Waals surface area (Å²) in [6, 6.07) is 0.591. The molecule has 1 saturated heterocycles. The first-order valence-electron chi connectivity index (χ1n) is 7.26. The van der Waals surface area contributed by atoms with Crippen LogP contribution in [0, 0.1) is 5.92 Å². The standard InChI is InChI=1S/C14H27N3O/c1-12(2)14-11-15-10-13(16-14)4-3-5-17-6-8-18-9-7-17/h11-13,15-16H,3-10H2,1-2H3. The summed E-state index contributed by atoms with van der Waals surface area (Å²) in [7, 11) is 0. The second-order valence-electron chi connectivity index (χ2n) is 5.60. The van der Waals surface area contributed by atoms with Crippen LogP contribution in [0.4, 0.5) is 0 Å². The second-order valence-corrected chi connectivity index (χ2v) is 5.60. The first-order chi connectivity index (χ1) is 8.75. The predicted octanol–water partition coefficient (Wildman–Crippen LogP) is 1.16. The first kappa shape index (κ1) is 13.7. The van der Waals surface area contributed by atoms with Crippen molar-refractivity contribution in [3.63, 3.8) is 0 Å². The lowest BCUT2D eigenvalue weighted by atomic mass is 10.0. The predicted molar refractivity (Wildman–Crippen MR) is 74.3 cm³/mol. The number of nitrogens with one attached hydrogen (secondary N) is 2. The highest BCUT2D eigenvalue weighted by molar-refractivity contribution is 5.06. The molecule has 0 aliphatic carbocycles. The van der Waals surface area contributed by atoms with Crippen LogP contribution in [0.25, 0.3) is 0 Å². The van der Waals surface area contributed by atoms with E-state index in [0.717, 1.165) is 32.8 Å². The first-order valence-corrected chi connectivity index (χ1v) is 7.26. The van der Waals surface area contributed by atoms with Gasteiger partial charge < -0.3 is 15.4 Å². The molecule has 4 heteroatoms. The van der Waals surface area contributed by atoms with Gasteiger partial charge in [-0.2, -0.15) is 0 Å². The van der Waals surface area contributed by atoms with Crippen LogP contribution < -0.4 is 10.6 Å². The summed E-state index contributed by atoms with van der Waals surface area (Å²) in [4.78, 5) is 2.51. The number of hydrogen-bond acceptors (Lipinski definition) is 4. The van der Waals surface area contributed by atoms with Crippen molar-refractivity contribution in [1.82, 2.24) is 15.5 Å². The number of allylic oxidation sites excluding steroid dienone is 1. The molecule has 18 heavy (non-hydrogen) atoms. The Balaban J connectivity index is 1.63. The molecular weight excluding hydrogens is 226 g/mol. The van der Waals surface area contributed by atoms with Crippen LogP contribution in [0.2, 0.25) is 0 Å². The molecule has 0 spiro atoms. The van der Waals surface area contributed by atoms with Gasteiger partial charge in [0, 0.05) is 37.6 Å². The van der Waals surface area contributed by atoms with E-state index in [1.54, 1.807) is 0 Å². The van der Waals surface area contributed by atoms with Crippen molar-refractivity contribution in [2.45, 2.75) is 32.7 Å².